The lowest BCUT2D eigenvalue weighted by atomic mass is 10.3. The van der Waals surface area contributed by atoms with Crippen LogP contribution < -0.4 is 10.1 Å². The van der Waals surface area contributed by atoms with Crippen molar-refractivity contribution in [2.24, 2.45) is 0 Å². The minimum Gasteiger partial charge on any atom is -0.464 e. The first-order valence-corrected chi connectivity index (χ1v) is 6.37. The van der Waals surface area contributed by atoms with E-state index in [1.165, 1.54) is 0 Å². The van der Waals surface area contributed by atoms with Gasteiger partial charge in [0.15, 0.2) is 0 Å². The first-order chi connectivity index (χ1) is 9.28. The average Bonchev–Trinajstić information content (AvgIpc) is 2.87. The highest BCUT2D eigenvalue weighted by Gasteiger charge is 2.11. The summed E-state index contributed by atoms with van der Waals surface area (Å²) in [4.78, 5) is 17.1. The van der Waals surface area contributed by atoms with Crippen molar-refractivity contribution in [3.05, 3.63) is 18.2 Å². The molecule has 102 valence electrons. The van der Waals surface area contributed by atoms with E-state index in [4.69, 9.17) is 4.74 Å². The van der Waals surface area contributed by atoms with Crippen molar-refractivity contribution >= 4 is 5.95 Å². The molecular weight excluding hydrogens is 244 g/mol. The predicted molar refractivity (Wildman–Crippen MR) is 71.7 cm³/mol. The Bertz CT molecular complexity index is 539. The van der Waals surface area contributed by atoms with Gasteiger partial charge in [-0.25, -0.2) is 4.98 Å². The molecule has 0 saturated carbocycles. The number of aromatic nitrogens is 5. The Morgan fingerprint density at radius 1 is 1.26 bits per heavy atom. The van der Waals surface area contributed by atoms with Crippen LogP contribution in [-0.2, 0) is 6.42 Å². The van der Waals surface area contributed by atoms with E-state index in [-0.39, 0.29) is 0 Å². The van der Waals surface area contributed by atoms with Gasteiger partial charge < -0.3 is 10.1 Å². The molecular formula is C12H18N6O. The molecule has 0 spiro atoms. The van der Waals surface area contributed by atoms with Crippen LogP contribution >= 0.6 is 0 Å². The first kappa shape index (κ1) is 13.3. The Hall–Kier alpha value is -2.18. The molecule has 0 bridgehead atoms. The highest BCUT2D eigenvalue weighted by atomic mass is 16.5. The van der Waals surface area contributed by atoms with Crippen LogP contribution in [0.4, 0.5) is 5.95 Å². The fraction of sp³-hybridized carbons (Fsp3) is 0.500. The third-order valence-electron chi connectivity index (χ3n) is 2.51. The minimum absolute atomic E-state index is 0.313. The molecule has 0 aliphatic rings. The Morgan fingerprint density at radius 3 is 2.79 bits per heavy atom. The van der Waals surface area contributed by atoms with Crippen LogP contribution in [0.1, 0.15) is 26.1 Å². The summed E-state index contributed by atoms with van der Waals surface area (Å²) in [6, 6.07) is 0.313. The molecule has 19 heavy (non-hydrogen) atoms. The van der Waals surface area contributed by atoms with Crippen LogP contribution in [0.3, 0.4) is 0 Å². The van der Waals surface area contributed by atoms with Gasteiger partial charge in [0.1, 0.15) is 5.82 Å². The summed E-state index contributed by atoms with van der Waals surface area (Å²) in [5, 5.41) is 2.90. The van der Waals surface area contributed by atoms with Gasteiger partial charge >= 0.3 is 6.01 Å². The van der Waals surface area contributed by atoms with Gasteiger partial charge in [-0.3, -0.25) is 4.57 Å². The highest BCUT2D eigenvalue weighted by molar-refractivity contribution is 5.30. The highest BCUT2D eigenvalue weighted by Crippen LogP contribution is 2.13. The second kappa shape index (κ2) is 6.12. The number of hydrogen-bond donors (Lipinski definition) is 1. The number of ether oxygens (including phenoxy) is 1. The van der Waals surface area contributed by atoms with E-state index >= 15 is 0 Å². The molecule has 0 aliphatic heterocycles. The van der Waals surface area contributed by atoms with Gasteiger partial charge in [0, 0.05) is 25.9 Å². The number of aryl methyl sites for hydroxylation is 1. The zero-order valence-electron chi connectivity index (χ0n) is 11.4. The van der Waals surface area contributed by atoms with Crippen LogP contribution in [0.15, 0.2) is 12.4 Å². The molecule has 0 radical (unpaired) electrons. The fourth-order valence-corrected chi connectivity index (χ4v) is 1.68. The van der Waals surface area contributed by atoms with Crippen molar-refractivity contribution in [1.29, 1.82) is 0 Å². The van der Waals surface area contributed by atoms with E-state index in [9.17, 15) is 0 Å². The molecule has 2 rings (SSSR count). The molecule has 0 aliphatic carbocycles. The van der Waals surface area contributed by atoms with Gasteiger partial charge in [-0.2, -0.15) is 15.0 Å². The van der Waals surface area contributed by atoms with Crippen LogP contribution in [0.25, 0.3) is 5.95 Å². The van der Waals surface area contributed by atoms with Crippen LogP contribution in [0, 0.1) is 0 Å². The lowest BCUT2D eigenvalue weighted by Gasteiger charge is -2.09. The standard InChI is InChI=1S/C12H18N6O/c1-4-6-9-14-7-8-18(9)11-15-10(13-3)16-12(17-11)19-5-2/h7-8H,4-6H2,1-3H3,(H,13,15,16,17). The largest absolute Gasteiger partial charge is 0.464 e. The number of rotatable bonds is 6. The number of hydrogen-bond acceptors (Lipinski definition) is 6. The SMILES string of the molecule is CCCc1nccn1-c1nc(NC)nc(OCC)n1. The van der Waals surface area contributed by atoms with Crippen molar-refractivity contribution in [2.45, 2.75) is 26.7 Å². The monoisotopic (exact) mass is 262 g/mol. The molecule has 0 aromatic carbocycles. The van der Waals surface area contributed by atoms with Crippen molar-refractivity contribution in [3.8, 4) is 12.0 Å². The number of nitrogens with one attached hydrogen (secondary N) is 1. The van der Waals surface area contributed by atoms with Crippen molar-refractivity contribution < 1.29 is 4.74 Å². The van der Waals surface area contributed by atoms with Gasteiger partial charge in [-0.15, -0.1) is 0 Å². The van der Waals surface area contributed by atoms with Crippen molar-refractivity contribution in [3.63, 3.8) is 0 Å². The molecule has 1 N–H and O–H groups in total. The van der Waals surface area contributed by atoms with E-state index in [2.05, 4.69) is 32.2 Å². The lowest BCUT2D eigenvalue weighted by molar-refractivity contribution is 0.311. The van der Waals surface area contributed by atoms with Crippen LogP contribution in [0.2, 0.25) is 0 Å². The van der Waals surface area contributed by atoms with Crippen LogP contribution in [-0.4, -0.2) is 38.2 Å². The molecule has 2 aromatic rings. The second-order valence-electron chi connectivity index (χ2n) is 3.89. The van der Waals surface area contributed by atoms with E-state index in [0.717, 1.165) is 18.7 Å². The summed E-state index contributed by atoms with van der Waals surface area (Å²) in [7, 11) is 1.76. The summed E-state index contributed by atoms with van der Waals surface area (Å²) in [5.74, 6) is 1.92. The Morgan fingerprint density at radius 2 is 2.11 bits per heavy atom. The van der Waals surface area contributed by atoms with E-state index < -0.39 is 0 Å². The fourth-order valence-electron chi connectivity index (χ4n) is 1.68. The quantitative estimate of drug-likeness (QED) is 0.849. The summed E-state index contributed by atoms with van der Waals surface area (Å²) in [6.45, 7) is 4.51. The van der Waals surface area contributed by atoms with E-state index in [1.54, 1.807) is 13.2 Å². The third-order valence-corrected chi connectivity index (χ3v) is 2.51. The van der Waals surface area contributed by atoms with Crippen molar-refractivity contribution in [2.75, 3.05) is 19.0 Å². The molecule has 0 fully saturated rings. The zero-order chi connectivity index (χ0) is 13.7. The molecule has 0 saturated heterocycles. The summed E-state index contributed by atoms with van der Waals surface area (Å²) in [6.07, 6.45) is 5.47. The summed E-state index contributed by atoms with van der Waals surface area (Å²) in [5.41, 5.74) is 0. The maximum atomic E-state index is 5.35. The van der Waals surface area contributed by atoms with Gasteiger partial charge in [0.25, 0.3) is 0 Å². The molecule has 7 heteroatoms. The molecule has 0 unspecified atom stereocenters. The summed E-state index contributed by atoms with van der Waals surface area (Å²) >= 11 is 0. The van der Waals surface area contributed by atoms with Crippen molar-refractivity contribution in [1.82, 2.24) is 24.5 Å². The normalized spacial score (nSPS) is 10.5. The van der Waals surface area contributed by atoms with E-state index in [1.807, 2.05) is 17.7 Å². The van der Waals surface area contributed by atoms with Crippen LogP contribution in [0.5, 0.6) is 6.01 Å². The second-order valence-corrected chi connectivity index (χ2v) is 3.89. The van der Waals surface area contributed by atoms with Gasteiger partial charge in [-0.1, -0.05) is 6.92 Å². The smallest absolute Gasteiger partial charge is 0.323 e. The number of anilines is 1. The molecule has 7 nitrogen and oxygen atoms in total. The average molecular weight is 262 g/mol. The molecule has 0 atom stereocenters. The van der Waals surface area contributed by atoms with Gasteiger partial charge in [-0.05, 0) is 13.3 Å². The van der Waals surface area contributed by atoms with Gasteiger partial charge in [0.05, 0.1) is 6.61 Å². The Balaban J connectivity index is 2.42. The first-order valence-electron chi connectivity index (χ1n) is 6.37. The Labute approximate surface area is 112 Å². The topological polar surface area (TPSA) is 77.8 Å². The number of nitrogens with zero attached hydrogens (tertiary/aromatic N) is 5. The Kier molecular flexibility index (Phi) is 4.27. The molecule has 2 aromatic heterocycles. The zero-order valence-corrected chi connectivity index (χ0v) is 11.4. The van der Waals surface area contributed by atoms with Gasteiger partial charge in [0.2, 0.25) is 11.9 Å². The third kappa shape index (κ3) is 2.98. The lowest BCUT2D eigenvalue weighted by Crippen LogP contribution is -2.10. The van der Waals surface area contributed by atoms with E-state index in [0.29, 0.717) is 24.5 Å². The minimum atomic E-state index is 0.313. The molecule has 0 amide bonds. The predicted octanol–water partition coefficient (Wildman–Crippen LogP) is 1.45. The molecule has 2 heterocycles. The summed E-state index contributed by atoms with van der Waals surface area (Å²) < 4.78 is 7.21. The number of imidazole rings is 1. The maximum absolute atomic E-state index is 5.35. The maximum Gasteiger partial charge on any atom is 0.323 e.